The van der Waals surface area contributed by atoms with Gasteiger partial charge in [-0.1, -0.05) is 19.8 Å². The van der Waals surface area contributed by atoms with Crippen molar-refractivity contribution in [2.24, 2.45) is 11.8 Å². The highest BCUT2D eigenvalue weighted by Crippen LogP contribution is 2.32. The molecule has 0 spiro atoms. The second-order valence-corrected chi connectivity index (χ2v) is 8.09. The third-order valence-corrected chi connectivity index (χ3v) is 6.62. The van der Waals surface area contributed by atoms with Gasteiger partial charge in [0.2, 0.25) is 10.0 Å². The quantitative estimate of drug-likeness (QED) is 0.840. The highest BCUT2D eigenvalue weighted by atomic mass is 32.2. The van der Waals surface area contributed by atoms with E-state index >= 15 is 0 Å². The van der Waals surface area contributed by atoms with E-state index in [0.717, 1.165) is 17.5 Å². The molecule has 0 amide bonds. The Morgan fingerprint density at radius 3 is 2.48 bits per heavy atom. The fourth-order valence-electron chi connectivity index (χ4n) is 3.26. The fraction of sp³-hybridized carbons (Fsp3) is 0.625. The monoisotopic (exact) mass is 310 g/mol. The zero-order valence-electron chi connectivity index (χ0n) is 13.4. The number of hydrogen-bond donors (Lipinski definition) is 2. The first-order valence-electron chi connectivity index (χ1n) is 7.60. The van der Waals surface area contributed by atoms with E-state index in [0.29, 0.717) is 34.5 Å². The van der Waals surface area contributed by atoms with Crippen LogP contribution in [0.4, 0.5) is 5.69 Å². The first kappa shape index (κ1) is 16.3. The van der Waals surface area contributed by atoms with Crippen molar-refractivity contribution < 1.29 is 8.42 Å². The molecule has 1 aromatic carbocycles. The van der Waals surface area contributed by atoms with Crippen LogP contribution in [-0.4, -0.2) is 15.0 Å². The van der Waals surface area contributed by atoms with Gasteiger partial charge in [-0.25, -0.2) is 13.1 Å². The van der Waals surface area contributed by atoms with Gasteiger partial charge in [0.1, 0.15) is 0 Å². The third kappa shape index (κ3) is 3.24. The largest absolute Gasteiger partial charge is 0.398 e. The summed E-state index contributed by atoms with van der Waals surface area (Å²) in [5, 5.41) is 0. The summed E-state index contributed by atoms with van der Waals surface area (Å²) in [6.45, 7) is 8.23. The van der Waals surface area contributed by atoms with E-state index in [4.69, 9.17) is 5.73 Å². The van der Waals surface area contributed by atoms with Gasteiger partial charge >= 0.3 is 0 Å². The Balaban J connectivity index is 2.28. The van der Waals surface area contributed by atoms with E-state index in [9.17, 15) is 8.42 Å². The van der Waals surface area contributed by atoms with E-state index in [1.54, 1.807) is 6.92 Å². The Morgan fingerprint density at radius 2 is 1.90 bits per heavy atom. The normalized spacial score (nSPS) is 22.7. The van der Waals surface area contributed by atoms with Crippen LogP contribution in [0.15, 0.2) is 11.0 Å². The third-order valence-electron chi connectivity index (χ3n) is 4.92. The lowest BCUT2D eigenvalue weighted by Crippen LogP contribution is -2.31. The topological polar surface area (TPSA) is 72.2 Å². The summed E-state index contributed by atoms with van der Waals surface area (Å²) in [4.78, 5) is 0.352. The van der Waals surface area contributed by atoms with Crippen LogP contribution in [0.25, 0.3) is 0 Å². The highest BCUT2D eigenvalue weighted by Gasteiger charge is 2.27. The molecule has 1 saturated carbocycles. The average Bonchev–Trinajstić information content (AvgIpc) is 2.80. The molecule has 21 heavy (non-hydrogen) atoms. The minimum absolute atomic E-state index is 0.352. The summed E-state index contributed by atoms with van der Waals surface area (Å²) in [5.41, 5.74) is 8.81. The molecule has 0 bridgehead atoms. The Hall–Kier alpha value is -1.07. The van der Waals surface area contributed by atoms with Crippen LogP contribution in [0.5, 0.6) is 0 Å². The number of anilines is 1. The van der Waals surface area contributed by atoms with Crippen LogP contribution in [0.1, 0.15) is 42.9 Å². The fourth-order valence-corrected chi connectivity index (χ4v) is 4.92. The number of benzene rings is 1. The molecule has 3 N–H and O–H groups in total. The number of nitrogens with two attached hydrogens (primary N) is 1. The summed E-state index contributed by atoms with van der Waals surface area (Å²) in [6.07, 6.45) is 3.50. The molecule has 1 aromatic rings. The molecular formula is C16H26N2O2S. The Morgan fingerprint density at radius 1 is 1.24 bits per heavy atom. The van der Waals surface area contributed by atoms with E-state index in [2.05, 4.69) is 11.6 Å². The molecule has 1 aliphatic rings. The average molecular weight is 310 g/mol. The van der Waals surface area contributed by atoms with Crippen molar-refractivity contribution in [2.45, 2.75) is 51.9 Å². The van der Waals surface area contributed by atoms with Gasteiger partial charge in [0.15, 0.2) is 0 Å². The predicted molar refractivity (Wildman–Crippen MR) is 86.8 cm³/mol. The molecule has 0 saturated heterocycles. The lowest BCUT2D eigenvalue weighted by atomic mass is 9.99. The minimum atomic E-state index is -3.51. The number of hydrogen-bond acceptors (Lipinski definition) is 3. The van der Waals surface area contributed by atoms with Crippen molar-refractivity contribution in [1.82, 2.24) is 4.72 Å². The molecule has 0 aromatic heterocycles. The molecule has 118 valence electrons. The highest BCUT2D eigenvalue weighted by molar-refractivity contribution is 7.89. The van der Waals surface area contributed by atoms with E-state index in [-0.39, 0.29) is 0 Å². The second kappa shape index (κ2) is 5.97. The van der Waals surface area contributed by atoms with Gasteiger partial charge in [-0.15, -0.1) is 0 Å². The number of nitrogens with one attached hydrogen (secondary N) is 1. The van der Waals surface area contributed by atoms with Crippen molar-refractivity contribution in [3.63, 3.8) is 0 Å². The Bertz CT molecular complexity index is 612. The lowest BCUT2D eigenvalue weighted by molar-refractivity contribution is 0.414. The van der Waals surface area contributed by atoms with Gasteiger partial charge in [-0.05, 0) is 61.8 Å². The van der Waals surface area contributed by atoms with Crippen molar-refractivity contribution in [1.29, 1.82) is 0 Å². The predicted octanol–water partition coefficient (Wildman–Crippen LogP) is 2.91. The number of nitrogen functional groups attached to an aromatic ring is 1. The summed E-state index contributed by atoms with van der Waals surface area (Å²) in [6, 6.07) is 1.84. The van der Waals surface area contributed by atoms with Crippen molar-refractivity contribution >= 4 is 15.7 Å². The zero-order valence-corrected chi connectivity index (χ0v) is 14.2. The van der Waals surface area contributed by atoms with E-state index in [1.807, 2.05) is 19.9 Å². The van der Waals surface area contributed by atoms with Gasteiger partial charge in [0, 0.05) is 12.2 Å². The number of sulfonamides is 1. The van der Waals surface area contributed by atoms with E-state index in [1.165, 1.54) is 12.8 Å². The molecule has 0 aliphatic heterocycles. The molecule has 2 unspecified atom stereocenters. The lowest BCUT2D eigenvalue weighted by Gasteiger charge is -2.19. The van der Waals surface area contributed by atoms with Gasteiger partial charge < -0.3 is 5.73 Å². The molecule has 2 rings (SSSR count). The summed E-state index contributed by atoms with van der Waals surface area (Å²) >= 11 is 0. The molecule has 5 heteroatoms. The maximum Gasteiger partial charge on any atom is 0.241 e. The van der Waals surface area contributed by atoms with Crippen LogP contribution < -0.4 is 10.5 Å². The molecular weight excluding hydrogens is 284 g/mol. The van der Waals surface area contributed by atoms with Crippen molar-refractivity contribution in [3.8, 4) is 0 Å². The maximum atomic E-state index is 12.7. The van der Waals surface area contributed by atoms with Gasteiger partial charge in [-0.2, -0.15) is 0 Å². The maximum absolute atomic E-state index is 12.7. The molecule has 1 fully saturated rings. The summed E-state index contributed by atoms with van der Waals surface area (Å²) < 4.78 is 28.2. The summed E-state index contributed by atoms with van der Waals surface area (Å²) in [7, 11) is -3.51. The Labute approximate surface area is 128 Å². The van der Waals surface area contributed by atoms with Crippen molar-refractivity contribution in [2.75, 3.05) is 12.3 Å². The van der Waals surface area contributed by atoms with Crippen LogP contribution in [0.3, 0.4) is 0 Å². The first-order valence-corrected chi connectivity index (χ1v) is 9.08. The van der Waals surface area contributed by atoms with E-state index < -0.39 is 10.0 Å². The van der Waals surface area contributed by atoms with Crippen molar-refractivity contribution in [3.05, 3.63) is 22.8 Å². The summed E-state index contributed by atoms with van der Waals surface area (Å²) in [5.74, 6) is 1.04. The zero-order chi connectivity index (χ0) is 15.8. The van der Waals surface area contributed by atoms with Crippen LogP contribution in [-0.2, 0) is 10.0 Å². The molecule has 2 atom stereocenters. The Kier molecular flexibility index (Phi) is 4.63. The van der Waals surface area contributed by atoms with Gasteiger partial charge in [0.05, 0.1) is 4.90 Å². The smallest absolute Gasteiger partial charge is 0.241 e. The molecule has 4 nitrogen and oxygen atoms in total. The number of rotatable bonds is 4. The molecule has 0 radical (unpaired) electrons. The minimum Gasteiger partial charge on any atom is -0.398 e. The number of aryl methyl sites for hydroxylation is 1. The first-order chi connectivity index (χ1) is 9.74. The standard InChI is InChI=1S/C16H26N2O2S/c1-10-6-5-7-14(10)9-18-21(19,20)16-12(3)11(2)8-15(17)13(16)4/h8,10,14,18H,5-7,9,17H2,1-4H3. The molecule has 1 aliphatic carbocycles. The molecule has 0 heterocycles. The van der Waals surface area contributed by atoms with Gasteiger partial charge in [-0.3, -0.25) is 0 Å². The van der Waals surface area contributed by atoms with Crippen LogP contribution >= 0.6 is 0 Å². The SMILES string of the molecule is Cc1cc(N)c(C)c(S(=O)(=O)NCC2CCCC2C)c1C. The van der Waals surface area contributed by atoms with Crippen LogP contribution in [0.2, 0.25) is 0 Å². The second-order valence-electron chi connectivity index (χ2n) is 6.38. The van der Waals surface area contributed by atoms with Gasteiger partial charge in [0.25, 0.3) is 0 Å². The van der Waals surface area contributed by atoms with Crippen LogP contribution in [0, 0.1) is 32.6 Å².